The highest BCUT2D eigenvalue weighted by atomic mass is 16.5. The number of nitrogens with zero attached hydrogens (tertiary/aromatic N) is 1. The number of aryl methyl sites for hydroxylation is 1. The molecular formula is C19H24N2O3. The van der Waals surface area contributed by atoms with Crippen molar-refractivity contribution >= 4 is 5.91 Å². The molecule has 0 spiro atoms. The van der Waals surface area contributed by atoms with Crippen LogP contribution in [0.15, 0.2) is 48.7 Å². The van der Waals surface area contributed by atoms with Crippen LogP contribution in [0.5, 0.6) is 5.75 Å². The van der Waals surface area contributed by atoms with Gasteiger partial charge in [-0.3, -0.25) is 9.78 Å². The number of nitrogens with one attached hydrogen (secondary N) is 1. The number of carbonyl (C=O) groups is 1. The Labute approximate surface area is 142 Å². The average molecular weight is 328 g/mol. The van der Waals surface area contributed by atoms with Gasteiger partial charge in [-0.2, -0.15) is 0 Å². The summed E-state index contributed by atoms with van der Waals surface area (Å²) in [7, 11) is 1.60. The maximum absolute atomic E-state index is 12.0. The molecule has 0 aliphatic rings. The first kappa shape index (κ1) is 17.9. The lowest BCUT2D eigenvalue weighted by Gasteiger charge is -2.21. The van der Waals surface area contributed by atoms with Gasteiger partial charge in [0.25, 0.3) is 0 Å². The lowest BCUT2D eigenvalue weighted by atomic mass is 10.0. The average Bonchev–Trinajstić information content (AvgIpc) is 2.62. The van der Waals surface area contributed by atoms with Gasteiger partial charge >= 0.3 is 0 Å². The van der Waals surface area contributed by atoms with Crippen LogP contribution in [0.4, 0.5) is 0 Å². The second-order valence-electron chi connectivity index (χ2n) is 5.75. The fraction of sp³-hybridized carbons (Fsp3) is 0.368. The maximum Gasteiger partial charge on any atom is 0.220 e. The highest BCUT2D eigenvalue weighted by Crippen LogP contribution is 2.20. The zero-order valence-electron chi connectivity index (χ0n) is 14.1. The van der Waals surface area contributed by atoms with Crippen LogP contribution in [0.25, 0.3) is 0 Å². The van der Waals surface area contributed by atoms with E-state index in [-0.39, 0.29) is 11.9 Å². The van der Waals surface area contributed by atoms with Gasteiger partial charge in [0.15, 0.2) is 0 Å². The number of pyridine rings is 1. The van der Waals surface area contributed by atoms with Crippen molar-refractivity contribution in [2.45, 2.75) is 38.3 Å². The number of methoxy groups -OCH3 is 1. The van der Waals surface area contributed by atoms with E-state index in [4.69, 9.17) is 4.74 Å². The molecule has 1 aromatic carbocycles. The van der Waals surface area contributed by atoms with E-state index in [2.05, 4.69) is 10.3 Å². The number of aromatic nitrogens is 1. The minimum absolute atomic E-state index is 0.0639. The molecule has 0 saturated heterocycles. The first-order valence-corrected chi connectivity index (χ1v) is 8.11. The Kier molecular flexibility index (Phi) is 6.75. The van der Waals surface area contributed by atoms with Gasteiger partial charge in [-0.25, -0.2) is 0 Å². The lowest BCUT2D eigenvalue weighted by molar-refractivity contribution is -0.122. The number of amides is 1. The molecule has 2 unspecified atom stereocenters. The Balaban J connectivity index is 1.77. The van der Waals surface area contributed by atoms with Crippen molar-refractivity contribution in [1.82, 2.24) is 10.3 Å². The van der Waals surface area contributed by atoms with E-state index in [1.165, 1.54) is 0 Å². The number of hydrogen-bond acceptors (Lipinski definition) is 4. The number of rotatable bonds is 8. The second-order valence-corrected chi connectivity index (χ2v) is 5.75. The highest BCUT2D eigenvalue weighted by Gasteiger charge is 2.18. The van der Waals surface area contributed by atoms with Gasteiger partial charge in [0.1, 0.15) is 5.75 Å². The second kappa shape index (κ2) is 9.03. The Bertz CT molecular complexity index is 629. The molecule has 2 atom stereocenters. The van der Waals surface area contributed by atoms with Crippen LogP contribution in [0.2, 0.25) is 0 Å². The van der Waals surface area contributed by atoms with Gasteiger partial charge in [-0.15, -0.1) is 0 Å². The van der Waals surface area contributed by atoms with Crippen LogP contribution < -0.4 is 10.1 Å². The van der Waals surface area contributed by atoms with Gasteiger partial charge in [0, 0.05) is 18.3 Å². The van der Waals surface area contributed by atoms with Gasteiger partial charge in [-0.05, 0) is 49.6 Å². The fourth-order valence-corrected chi connectivity index (χ4v) is 2.47. The summed E-state index contributed by atoms with van der Waals surface area (Å²) >= 11 is 0. The molecular weight excluding hydrogens is 304 g/mol. The monoisotopic (exact) mass is 328 g/mol. The third kappa shape index (κ3) is 5.35. The minimum atomic E-state index is -0.754. The zero-order chi connectivity index (χ0) is 17.4. The Morgan fingerprint density at radius 1 is 1.25 bits per heavy atom. The van der Waals surface area contributed by atoms with E-state index in [0.29, 0.717) is 6.42 Å². The van der Waals surface area contributed by atoms with Gasteiger partial charge in [0.05, 0.1) is 19.3 Å². The molecule has 1 heterocycles. The summed E-state index contributed by atoms with van der Waals surface area (Å²) in [5.74, 6) is 0.670. The highest BCUT2D eigenvalue weighted by molar-refractivity contribution is 5.76. The molecule has 5 heteroatoms. The SMILES string of the molecule is COc1ccc(C(O)C(C)NC(=O)CCCc2ccccn2)cc1. The van der Waals surface area contributed by atoms with Crippen molar-refractivity contribution in [1.29, 1.82) is 0 Å². The van der Waals surface area contributed by atoms with Crippen LogP contribution in [-0.4, -0.2) is 29.1 Å². The lowest BCUT2D eigenvalue weighted by Crippen LogP contribution is -2.37. The largest absolute Gasteiger partial charge is 0.497 e. The number of carbonyl (C=O) groups excluding carboxylic acids is 1. The minimum Gasteiger partial charge on any atom is -0.497 e. The number of aliphatic hydroxyl groups is 1. The van der Waals surface area contributed by atoms with Crippen molar-refractivity contribution in [3.63, 3.8) is 0 Å². The molecule has 0 bridgehead atoms. The summed E-state index contributed by atoms with van der Waals surface area (Å²) < 4.78 is 5.10. The summed E-state index contributed by atoms with van der Waals surface area (Å²) in [6.07, 6.45) is 2.91. The first-order valence-electron chi connectivity index (χ1n) is 8.11. The fourth-order valence-electron chi connectivity index (χ4n) is 2.47. The van der Waals surface area contributed by atoms with Gasteiger partial charge < -0.3 is 15.2 Å². The molecule has 0 saturated carbocycles. The van der Waals surface area contributed by atoms with Crippen LogP contribution >= 0.6 is 0 Å². The summed E-state index contributed by atoms with van der Waals surface area (Å²) in [4.78, 5) is 16.3. The first-order chi connectivity index (χ1) is 11.6. The molecule has 0 aliphatic heterocycles. The molecule has 128 valence electrons. The molecule has 24 heavy (non-hydrogen) atoms. The summed E-state index contributed by atoms with van der Waals surface area (Å²) in [6.45, 7) is 1.80. The predicted molar refractivity (Wildman–Crippen MR) is 92.7 cm³/mol. The van der Waals surface area contributed by atoms with Crippen molar-refractivity contribution in [3.8, 4) is 5.75 Å². The van der Waals surface area contributed by atoms with Crippen LogP contribution in [0.1, 0.15) is 37.1 Å². The molecule has 0 aliphatic carbocycles. The van der Waals surface area contributed by atoms with Crippen LogP contribution in [0, 0.1) is 0 Å². The third-order valence-electron chi connectivity index (χ3n) is 3.88. The quantitative estimate of drug-likeness (QED) is 0.781. The number of aliphatic hydroxyl groups excluding tert-OH is 1. The van der Waals surface area contributed by atoms with E-state index in [1.54, 1.807) is 44.5 Å². The van der Waals surface area contributed by atoms with E-state index in [9.17, 15) is 9.90 Å². The Hall–Kier alpha value is -2.40. The van der Waals surface area contributed by atoms with Crippen LogP contribution in [-0.2, 0) is 11.2 Å². The summed E-state index contributed by atoms with van der Waals surface area (Å²) in [5, 5.41) is 13.2. The molecule has 1 aromatic heterocycles. The summed E-state index contributed by atoms with van der Waals surface area (Å²) in [5.41, 5.74) is 1.73. The topological polar surface area (TPSA) is 71.5 Å². The van der Waals surface area contributed by atoms with Crippen molar-refractivity contribution < 1.29 is 14.6 Å². The number of benzene rings is 1. The van der Waals surface area contributed by atoms with Gasteiger partial charge in [0.2, 0.25) is 5.91 Å². The predicted octanol–water partition coefficient (Wildman–Crippen LogP) is 2.65. The summed E-state index contributed by atoms with van der Waals surface area (Å²) in [6, 6.07) is 12.6. The van der Waals surface area contributed by atoms with Crippen molar-refractivity contribution in [2.75, 3.05) is 7.11 Å². The molecule has 2 rings (SSSR count). The van der Waals surface area contributed by atoms with E-state index >= 15 is 0 Å². The Morgan fingerprint density at radius 2 is 2.00 bits per heavy atom. The molecule has 0 radical (unpaired) electrons. The van der Waals surface area contributed by atoms with E-state index < -0.39 is 6.10 Å². The molecule has 2 aromatic rings. The standard InChI is InChI=1S/C19H24N2O3/c1-14(19(23)15-9-11-17(24-2)12-10-15)21-18(22)8-5-7-16-6-3-4-13-20-16/h3-4,6,9-14,19,23H,5,7-8H2,1-2H3,(H,21,22). The molecule has 5 nitrogen and oxygen atoms in total. The normalized spacial score (nSPS) is 13.1. The van der Waals surface area contributed by atoms with Gasteiger partial charge in [-0.1, -0.05) is 18.2 Å². The molecule has 1 amide bonds. The molecule has 2 N–H and O–H groups in total. The zero-order valence-corrected chi connectivity index (χ0v) is 14.1. The van der Waals surface area contributed by atoms with Crippen molar-refractivity contribution in [2.24, 2.45) is 0 Å². The number of ether oxygens (including phenoxy) is 1. The maximum atomic E-state index is 12.0. The molecule has 0 fully saturated rings. The smallest absolute Gasteiger partial charge is 0.220 e. The number of hydrogen-bond donors (Lipinski definition) is 2. The van der Waals surface area contributed by atoms with Crippen LogP contribution in [0.3, 0.4) is 0 Å². The van der Waals surface area contributed by atoms with Crippen molar-refractivity contribution in [3.05, 3.63) is 59.9 Å². The Morgan fingerprint density at radius 3 is 2.62 bits per heavy atom. The van der Waals surface area contributed by atoms with E-state index in [0.717, 1.165) is 29.8 Å². The third-order valence-corrected chi connectivity index (χ3v) is 3.88. The van der Waals surface area contributed by atoms with E-state index in [1.807, 2.05) is 18.2 Å².